The van der Waals surface area contributed by atoms with E-state index in [1.54, 1.807) is 12.1 Å². The van der Waals surface area contributed by atoms with Gasteiger partial charge in [0.05, 0.1) is 29.7 Å². The molecule has 0 fully saturated rings. The lowest BCUT2D eigenvalue weighted by atomic mass is 10.0. The average Bonchev–Trinajstić information content (AvgIpc) is 3.41. The second-order valence-electron chi connectivity index (χ2n) is 9.43. The maximum Gasteiger partial charge on any atom is 0.318 e. The van der Waals surface area contributed by atoms with E-state index in [2.05, 4.69) is 23.7 Å². The first-order chi connectivity index (χ1) is 16.9. The molecule has 0 saturated heterocycles. The Bertz CT molecular complexity index is 1320. The Morgan fingerprint density at radius 1 is 1.09 bits per heavy atom. The number of aromatic nitrogens is 3. The number of aryl methyl sites for hydroxylation is 1. The summed E-state index contributed by atoms with van der Waals surface area (Å²) in [5.41, 5.74) is 4.57. The highest BCUT2D eigenvalue weighted by molar-refractivity contribution is 5.76. The van der Waals surface area contributed by atoms with Crippen molar-refractivity contribution in [1.82, 2.24) is 24.6 Å². The highest BCUT2D eigenvalue weighted by Gasteiger charge is 2.35. The lowest BCUT2D eigenvalue weighted by Gasteiger charge is -2.31. The number of halogens is 1. The van der Waals surface area contributed by atoms with Crippen molar-refractivity contribution in [3.63, 3.8) is 0 Å². The number of nitrogens with zero attached hydrogens (tertiary/aromatic N) is 4. The van der Waals surface area contributed by atoms with Gasteiger partial charge in [-0.3, -0.25) is 0 Å². The monoisotopic (exact) mass is 471 g/mol. The standard InChI is InChI=1S/C28H30FN5O/c1-19(2)15-16-30-28(35)33-18-24-20(3)31-34(23-8-5-4-6-9-23)27(24)32-17-7-10-25(32)26(33)21-11-13-22(29)14-12-21/h4-14,17,19,26H,15-16,18H2,1-3H3,(H,30,35). The third-order valence-corrected chi connectivity index (χ3v) is 6.53. The largest absolute Gasteiger partial charge is 0.338 e. The van der Waals surface area contributed by atoms with Crippen molar-refractivity contribution in [2.24, 2.45) is 5.92 Å². The van der Waals surface area contributed by atoms with Crippen LogP contribution in [0, 0.1) is 18.7 Å². The zero-order chi connectivity index (χ0) is 24.5. The smallest absolute Gasteiger partial charge is 0.318 e. The Morgan fingerprint density at radius 2 is 1.83 bits per heavy atom. The van der Waals surface area contributed by atoms with Crippen LogP contribution in [0.3, 0.4) is 0 Å². The molecular weight excluding hydrogens is 441 g/mol. The molecule has 0 saturated carbocycles. The predicted molar refractivity (Wildman–Crippen MR) is 134 cm³/mol. The summed E-state index contributed by atoms with van der Waals surface area (Å²) in [6, 6.07) is 19.9. The quantitative estimate of drug-likeness (QED) is 0.402. The molecule has 2 amide bonds. The molecule has 1 aliphatic rings. The van der Waals surface area contributed by atoms with Gasteiger partial charge >= 0.3 is 6.03 Å². The van der Waals surface area contributed by atoms with Crippen molar-refractivity contribution >= 4 is 6.03 Å². The van der Waals surface area contributed by atoms with Gasteiger partial charge in [0, 0.05) is 18.3 Å². The van der Waals surface area contributed by atoms with Crippen LogP contribution in [0.5, 0.6) is 0 Å². The minimum absolute atomic E-state index is 0.146. The SMILES string of the molecule is Cc1nn(-c2ccccc2)c2c1CN(C(=O)NCCC(C)C)C(c1ccc(F)cc1)c1cccn1-2. The molecule has 0 radical (unpaired) electrons. The first-order valence-electron chi connectivity index (χ1n) is 12.1. The Kier molecular flexibility index (Phi) is 6.16. The molecule has 1 N–H and O–H groups in total. The van der Waals surface area contributed by atoms with Gasteiger partial charge in [-0.05, 0) is 61.2 Å². The van der Waals surface area contributed by atoms with Crippen LogP contribution in [-0.2, 0) is 6.54 Å². The zero-order valence-electron chi connectivity index (χ0n) is 20.3. The van der Waals surface area contributed by atoms with Crippen molar-refractivity contribution in [1.29, 1.82) is 0 Å². The van der Waals surface area contributed by atoms with E-state index in [1.807, 2.05) is 65.2 Å². The highest BCUT2D eigenvalue weighted by Crippen LogP contribution is 2.38. The number of benzene rings is 2. The number of fused-ring (bicyclic) bond motifs is 3. The van der Waals surface area contributed by atoms with Crippen molar-refractivity contribution < 1.29 is 9.18 Å². The van der Waals surface area contributed by atoms with Crippen LogP contribution in [0.15, 0.2) is 72.9 Å². The molecule has 1 aliphatic heterocycles. The second-order valence-corrected chi connectivity index (χ2v) is 9.43. The van der Waals surface area contributed by atoms with Crippen LogP contribution in [0.1, 0.15) is 48.8 Å². The van der Waals surface area contributed by atoms with Crippen molar-refractivity contribution in [2.75, 3.05) is 6.54 Å². The summed E-state index contributed by atoms with van der Waals surface area (Å²) >= 11 is 0. The summed E-state index contributed by atoms with van der Waals surface area (Å²) in [6.07, 6.45) is 2.90. The number of hydrogen-bond acceptors (Lipinski definition) is 2. The molecule has 1 atom stereocenters. The summed E-state index contributed by atoms with van der Waals surface area (Å²) in [7, 11) is 0. The van der Waals surface area contributed by atoms with E-state index in [0.717, 1.165) is 40.4 Å². The molecule has 1 unspecified atom stereocenters. The Labute approximate surface area is 205 Å². The molecule has 3 heterocycles. The molecule has 2 aromatic heterocycles. The number of carbonyl (C=O) groups is 1. The summed E-state index contributed by atoms with van der Waals surface area (Å²) < 4.78 is 17.9. The van der Waals surface area contributed by atoms with Crippen molar-refractivity contribution in [3.8, 4) is 11.5 Å². The fourth-order valence-corrected chi connectivity index (χ4v) is 4.71. The minimum Gasteiger partial charge on any atom is -0.338 e. The van der Waals surface area contributed by atoms with Gasteiger partial charge in [0.2, 0.25) is 0 Å². The number of carbonyl (C=O) groups excluding carboxylic acids is 1. The summed E-state index contributed by atoms with van der Waals surface area (Å²) in [6.45, 7) is 7.23. The van der Waals surface area contributed by atoms with Gasteiger partial charge in [-0.2, -0.15) is 5.10 Å². The van der Waals surface area contributed by atoms with E-state index < -0.39 is 0 Å². The zero-order valence-corrected chi connectivity index (χ0v) is 20.3. The molecule has 180 valence electrons. The van der Waals surface area contributed by atoms with Gasteiger partial charge in [0.15, 0.2) is 0 Å². The van der Waals surface area contributed by atoms with Gasteiger partial charge in [-0.1, -0.05) is 44.2 Å². The molecule has 4 aromatic rings. The summed E-state index contributed by atoms with van der Waals surface area (Å²) in [4.78, 5) is 15.5. The first kappa shape index (κ1) is 22.9. The summed E-state index contributed by atoms with van der Waals surface area (Å²) in [5.74, 6) is 1.10. The summed E-state index contributed by atoms with van der Waals surface area (Å²) in [5, 5.41) is 7.97. The number of amides is 2. The molecule has 0 aliphatic carbocycles. The van der Waals surface area contributed by atoms with Crippen LogP contribution < -0.4 is 5.32 Å². The lowest BCUT2D eigenvalue weighted by molar-refractivity contribution is 0.180. The minimum atomic E-state index is -0.388. The molecule has 0 bridgehead atoms. The Balaban J connectivity index is 1.66. The third kappa shape index (κ3) is 4.34. The van der Waals surface area contributed by atoms with Gasteiger partial charge in [-0.15, -0.1) is 0 Å². The van der Waals surface area contributed by atoms with Crippen LogP contribution in [0.25, 0.3) is 11.5 Å². The first-order valence-corrected chi connectivity index (χ1v) is 12.1. The molecule has 7 heteroatoms. The molecule has 2 aromatic carbocycles. The van der Waals surface area contributed by atoms with E-state index >= 15 is 0 Å². The second kappa shape index (κ2) is 9.41. The number of nitrogens with one attached hydrogen (secondary N) is 1. The fourth-order valence-electron chi connectivity index (χ4n) is 4.71. The Hall–Kier alpha value is -3.87. The maximum atomic E-state index is 13.8. The maximum absolute atomic E-state index is 13.8. The van der Waals surface area contributed by atoms with Crippen LogP contribution >= 0.6 is 0 Å². The van der Waals surface area contributed by atoms with E-state index in [0.29, 0.717) is 19.0 Å². The Morgan fingerprint density at radius 3 is 2.54 bits per heavy atom. The van der Waals surface area contributed by atoms with Gasteiger partial charge < -0.3 is 14.8 Å². The molecule has 5 rings (SSSR count). The average molecular weight is 472 g/mol. The number of para-hydroxylation sites is 1. The normalized spacial score (nSPS) is 15.0. The third-order valence-electron chi connectivity index (χ3n) is 6.53. The van der Waals surface area contributed by atoms with E-state index in [1.165, 1.54) is 12.1 Å². The topological polar surface area (TPSA) is 55.1 Å². The number of hydrogen-bond donors (Lipinski definition) is 1. The predicted octanol–water partition coefficient (Wildman–Crippen LogP) is 5.77. The molecule has 6 nitrogen and oxygen atoms in total. The van der Waals surface area contributed by atoms with E-state index in [-0.39, 0.29) is 17.9 Å². The van der Waals surface area contributed by atoms with Gasteiger partial charge in [0.1, 0.15) is 11.6 Å². The van der Waals surface area contributed by atoms with E-state index in [4.69, 9.17) is 5.10 Å². The number of rotatable bonds is 5. The molecule has 35 heavy (non-hydrogen) atoms. The fraction of sp³-hybridized carbons (Fsp3) is 0.286. The van der Waals surface area contributed by atoms with Gasteiger partial charge in [0.25, 0.3) is 0 Å². The molecular formula is C28H30FN5O. The van der Waals surface area contributed by atoms with E-state index in [9.17, 15) is 9.18 Å². The lowest BCUT2D eigenvalue weighted by Crippen LogP contribution is -2.42. The number of urea groups is 1. The van der Waals surface area contributed by atoms with Gasteiger partial charge in [-0.25, -0.2) is 13.9 Å². The van der Waals surface area contributed by atoms with Crippen molar-refractivity contribution in [3.05, 3.63) is 101 Å². The van der Waals surface area contributed by atoms with Crippen molar-refractivity contribution in [2.45, 2.75) is 39.8 Å². The van der Waals surface area contributed by atoms with Crippen LogP contribution in [0.2, 0.25) is 0 Å². The highest BCUT2D eigenvalue weighted by atomic mass is 19.1. The van der Waals surface area contributed by atoms with Crippen LogP contribution in [0.4, 0.5) is 9.18 Å². The molecule has 0 spiro atoms. The van der Waals surface area contributed by atoms with Crippen LogP contribution in [-0.4, -0.2) is 31.8 Å².